The van der Waals surface area contributed by atoms with Crippen LogP contribution >= 0.6 is 0 Å². The van der Waals surface area contributed by atoms with Crippen molar-refractivity contribution < 1.29 is 9.59 Å². The van der Waals surface area contributed by atoms with Gasteiger partial charge in [-0.05, 0) is 19.9 Å². The Morgan fingerprint density at radius 3 is 2.83 bits per heavy atom. The molecule has 1 aliphatic heterocycles. The van der Waals surface area contributed by atoms with Gasteiger partial charge >= 0.3 is 6.03 Å². The van der Waals surface area contributed by atoms with Crippen LogP contribution in [0.5, 0.6) is 0 Å². The Bertz CT molecular complexity index is 804. The first-order valence-electron chi connectivity index (χ1n) is 6.59. The molecule has 0 aromatic carbocycles. The van der Waals surface area contributed by atoms with Gasteiger partial charge in [0.1, 0.15) is 6.33 Å². The number of aliphatic imine (C=N–C) groups is 1. The number of hydrogen-bond acceptors (Lipinski definition) is 8. The minimum absolute atomic E-state index is 0.245. The predicted molar refractivity (Wildman–Crippen MR) is 79.1 cm³/mol. The highest BCUT2D eigenvalue weighted by Crippen LogP contribution is 2.10. The maximum Gasteiger partial charge on any atom is 0.318 e. The number of primary amides is 1. The Hall–Kier alpha value is -3.44. The lowest BCUT2D eigenvalue weighted by Crippen LogP contribution is -2.44. The number of urea groups is 1. The van der Waals surface area contributed by atoms with Crippen molar-refractivity contribution in [3.05, 3.63) is 23.8 Å². The Labute approximate surface area is 129 Å². The van der Waals surface area contributed by atoms with Gasteiger partial charge in [-0.3, -0.25) is 15.5 Å². The van der Waals surface area contributed by atoms with Gasteiger partial charge in [-0.25, -0.2) is 19.1 Å². The second-order valence-corrected chi connectivity index (χ2v) is 4.83. The third-order valence-electron chi connectivity index (χ3n) is 2.99. The van der Waals surface area contributed by atoms with Gasteiger partial charge in [-0.1, -0.05) is 0 Å². The fourth-order valence-electron chi connectivity index (χ4n) is 2.09. The van der Waals surface area contributed by atoms with E-state index in [0.29, 0.717) is 0 Å². The van der Waals surface area contributed by atoms with Crippen molar-refractivity contribution >= 4 is 23.8 Å². The Morgan fingerprint density at radius 2 is 2.17 bits per heavy atom. The summed E-state index contributed by atoms with van der Waals surface area (Å²) in [6.07, 6.45) is 0.261. The molecule has 3 amide bonds. The van der Waals surface area contributed by atoms with Gasteiger partial charge in [-0.15, -0.1) is 10.2 Å². The van der Waals surface area contributed by atoms with E-state index >= 15 is 0 Å². The predicted octanol–water partition coefficient (Wildman–Crippen LogP) is -1.51. The number of aryl methyl sites for hydroxylation is 2. The second-order valence-electron chi connectivity index (χ2n) is 4.83. The maximum atomic E-state index is 12.1. The molecule has 12 heteroatoms. The molecule has 0 bridgehead atoms. The highest BCUT2D eigenvalue weighted by Gasteiger charge is 2.26. The Morgan fingerprint density at radius 1 is 1.39 bits per heavy atom. The monoisotopic (exact) mass is 318 g/mol. The molecule has 0 saturated carbocycles. The Balaban J connectivity index is 2.02. The van der Waals surface area contributed by atoms with Crippen molar-refractivity contribution in [3.8, 4) is 0 Å². The molecule has 0 spiro atoms. The van der Waals surface area contributed by atoms with E-state index in [4.69, 9.17) is 5.73 Å². The molecule has 3 heterocycles. The molecule has 1 atom stereocenters. The average molecular weight is 318 g/mol. The molecule has 23 heavy (non-hydrogen) atoms. The van der Waals surface area contributed by atoms with Crippen LogP contribution in [0.3, 0.4) is 0 Å². The van der Waals surface area contributed by atoms with E-state index in [1.807, 2.05) is 25.2 Å². The molecule has 5 N–H and O–H groups in total. The van der Waals surface area contributed by atoms with Gasteiger partial charge in [0.05, 0.1) is 5.69 Å². The third-order valence-corrected chi connectivity index (χ3v) is 2.99. The summed E-state index contributed by atoms with van der Waals surface area (Å²) in [6.45, 7) is 3.68. The first-order chi connectivity index (χ1) is 10.9. The smallest absolute Gasteiger partial charge is 0.318 e. The van der Waals surface area contributed by atoms with Gasteiger partial charge in [0, 0.05) is 5.69 Å². The first-order valence-corrected chi connectivity index (χ1v) is 6.59. The summed E-state index contributed by atoms with van der Waals surface area (Å²) in [5, 5.41) is 16.6. The molecule has 0 radical (unpaired) electrons. The number of rotatable bonds is 1. The summed E-state index contributed by atoms with van der Waals surface area (Å²) in [5.41, 5.74) is 9.49. The number of carbonyl (C=O) groups excluding carboxylic acids is 2. The van der Waals surface area contributed by atoms with Crippen molar-refractivity contribution in [3.63, 3.8) is 0 Å². The van der Waals surface area contributed by atoms with Crippen molar-refractivity contribution in [2.24, 2.45) is 10.7 Å². The number of anilines is 1. The number of nitrogens with zero attached hydrogens (tertiary/aromatic N) is 6. The van der Waals surface area contributed by atoms with E-state index in [1.165, 1.54) is 15.7 Å². The van der Waals surface area contributed by atoms with Crippen molar-refractivity contribution in [2.45, 2.75) is 20.0 Å². The minimum atomic E-state index is -1.14. The zero-order valence-corrected chi connectivity index (χ0v) is 12.3. The van der Waals surface area contributed by atoms with Crippen LogP contribution in [0.1, 0.15) is 11.4 Å². The average Bonchev–Trinajstić information content (AvgIpc) is 2.98. The standard InChI is InChI=1S/C11H14N10O2/c1-5-3-6(2)21(18-5)11-15-7(8(22)16-9(12)23)14-10-17-13-4-20(10)19-11/h3-4,7H,1-2H3,(H,14,17)(H,15,19)(H3,12,16,22,23). The Kier molecular flexibility index (Phi) is 3.40. The second kappa shape index (κ2) is 5.40. The van der Waals surface area contributed by atoms with E-state index < -0.39 is 18.1 Å². The largest absolute Gasteiger partial charge is 0.351 e. The molecule has 12 nitrogen and oxygen atoms in total. The van der Waals surface area contributed by atoms with E-state index in [2.05, 4.69) is 31.0 Å². The molecule has 2 aromatic heterocycles. The maximum absolute atomic E-state index is 12.1. The van der Waals surface area contributed by atoms with Gasteiger partial charge in [-0.2, -0.15) is 5.10 Å². The number of fused-ring (bicyclic) bond motifs is 1. The number of aromatic nitrogens is 5. The molecule has 0 aliphatic carbocycles. The summed E-state index contributed by atoms with van der Waals surface area (Å²) in [7, 11) is 0. The van der Waals surface area contributed by atoms with Crippen molar-refractivity contribution in [1.29, 1.82) is 0 Å². The number of nitrogens with two attached hydrogens (primary N) is 1. The SMILES string of the molecule is Cc1cc(C)n(C2=NC(C(=O)NC(N)=O)Nc3nncn3N2)n1. The number of imide groups is 1. The molecule has 0 saturated heterocycles. The molecule has 3 rings (SSSR count). The van der Waals surface area contributed by atoms with E-state index in [0.717, 1.165) is 11.4 Å². The molecular weight excluding hydrogens is 304 g/mol. The van der Waals surface area contributed by atoms with Crippen LogP contribution in [0.4, 0.5) is 10.7 Å². The fourth-order valence-corrected chi connectivity index (χ4v) is 2.09. The zero-order valence-electron chi connectivity index (χ0n) is 12.3. The lowest BCUT2D eigenvalue weighted by Gasteiger charge is -2.11. The van der Waals surface area contributed by atoms with Crippen LogP contribution in [-0.2, 0) is 4.79 Å². The highest BCUT2D eigenvalue weighted by molar-refractivity contribution is 6.00. The van der Waals surface area contributed by atoms with E-state index in [-0.39, 0.29) is 11.9 Å². The van der Waals surface area contributed by atoms with Crippen molar-refractivity contribution in [2.75, 3.05) is 10.7 Å². The normalized spacial score (nSPS) is 16.4. The van der Waals surface area contributed by atoms with Crippen LogP contribution in [0.25, 0.3) is 0 Å². The fraction of sp³-hybridized carbons (Fsp3) is 0.273. The van der Waals surface area contributed by atoms with Crippen LogP contribution < -0.4 is 21.8 Å². The number of amides is 3. The number of nitrogens with one attached hydrogen (secondary N) is 3. The quantitative estimate of drug-likeness (QED) is 0.497. The van der Waals surface area contributed by atoms with Crippen LogP contribution in [0.2, 0.25) is 0 Å². The molecule has 120 valence electrons. The molecule has 1 unspecified atom stereocenters. The molecular formula is C11H14N10O2. The topological polar surface area (TPSA) is 157 Å². The number of carbonyl (C=O) groups is 2. The summed E-state index contributed by atoms with van der Waals surface area (Å²) in [5.74, 6) is -0.226. The highest BCUT2D eigenvalue weighted by atomic mass is 16.2. The molecule has 1 aliphatic rings. The molecule has 2 aromatic rings. The summed E-state index contributed by atoms with van der Waals surface area (Å²) < 4.78 is 2.96. The van der Waals surface area contributed by atoms with E-state index in [1.54, 1.807) is 0 Å². The van der Waals surface area contributed by atoms with Gasteiger partial charge < -0.3 is 11.1 Å². The lowest BCUT2D eigenvalue weighted by molar-refractivity contribution is -0.120. The zero-order chi connectivity index (χ0) is 16.6. The molecule has 0 fully saturated rings. The summed E-state index contributed by atoms with van der Waals surface area (Å²) in [6, 6.07) is 0.881. The minimum Gasteiger partial charge on any atom is -0.351 e. The van der Waals surface area contributed by atoms with Crippen LogP contribution in [0.15, 0.2) is 17.4 Å². The lowest BCUT2D eigenvalue weighted by atomic mass is 10.4. The van der Waals surface area contributed by atoms with Crippen LogP contribution in [-0.4, -0.2) is 48.7 Å². The van der Waals surface area contributed by atoms with Gasteiger partial charge in [0.15, 0.2) is 0 Å². The van der Waals surface area contributed by atoms with Crippen LogP contribution in [0, 0.1) is 13.8 Å². The van der Waals surface area contributed by atoms with E-state index in [9.17, 15) is 9.59 Å². The number of hydrogen-bond donors (Lipinski definition) is 4. The van der Waals surface area contributed by atoms with Crippen molar-refractivity contribution in [1.82, 2.24) is 30.0 Å². The van der Waals surface area contributed by atoms with Gasteiger partial charge in [0.2, 0.25) is 18.1 Å². The first kappa shape index (κ1) is 14.5. The summed E-state index contributed by atoms with van der Waals surface area (Å²) >= 11 is 0. The third kappa shape index (κ3) is 2.81. The van der Waals surface area contributed by atoms with Gasteiger partial charge in [0.25, 0.3) is 5.91 Å². The summed E-state index contributed by atoms with van der Waals surface area (Å²) in [4.78, 5) is 27.2.